The van der Waals surface area contributed by atoms with Crippen molar-refractivity contribution in [2.24, 2.45) is 0 Å². The summed E-state index contributed by atoms with van der Waals surface area (Å²) in [7, 11) is -2.78. The SMILES string of the molecule is B[C@@H]1O[C@H](COC(C)C)C(OP(=O)(O)OC(C)C)[C@@H]1F. The molecule has 1 aliphatic heterocycles. The summed E-state index contributed by atoms with van der Waals surface area (Å²) in [5.41, 5.74) is 0. The molecule has 9 heteroatoms. The second kappa shape index (κ2) is 7.34. The fourth-order valence-electron chi connectivity index (χ4n) is 1.89. The Morgan fingerprint density at radius 2 is 1.95 bits per heavy atom. The highest BCUT2D eigenvalue weighted by molar-refractivity contribution is 7.47. The maximum absolute atomic E-state index is 14.0. The molecule has 0 aromatic rings. The zero-order valence-corrected chi connectivity index (χ0v) is 13.4. The van der Waals surface area contributed by atoms with Gasteiger partial charge in [-0.25, -0.2) is 8.96 Å². The topological polar surface area (TPSA) is 74.2 Å². The zero-order valence-electron chi connectivity index (χ0n) is 12.5. The predicted octanol–water partition coefficient (Wildman–Crippen LogP) is 1.02. The number of halogens is 1. The van der Waals surface area contributed by atoms with E-state index in [0.717, 1.165) is 0 Å². The van der Waals surface area contributed by atoms with Gasteiger partial charge in [-0.1, -0.05) is 0 Å². The Bertz CT molecular complexity index is 356. The third kappa shape index (κ3) is 5.43. The Hall–Kier alpha value is 0.0249. The lowest BCUT2D eigenvalue weighted by molar-refractivity contribution is -0.0493. The van der Waals surface area contributed by atoms with Crippen molar-refractivity contribution in [1.82, 2.24) is 0 Å². The van der Waals surface area contributed by atoms with Crippen molar-refractivity contribution in [3.63, 3.8) is 0 Å². The minimum atomic E-state index is -4.32. The second-order valence-corrected chi connectivity index (χ2v) is 6.76. The van der Waals surface area contributed by atoms with Gasteiger partial charge in [-0.2, -0.15) is 0 Å². The normalized spacial score (nSPS) is 33.8. The first kappa shape index (κ1) is 18.1. The van der Waals surface area contributed by atoms with Crippen molar-refractivity contribution in [2.45, 2.75) is 64.3 Å². The molecule has 1 aliphatic rings. The van der Waals surface area contributed by atoms with E-state index < -0.39 is 38.3 Å². The van der Waals surface area contributed by atoms with E-state index in [4.69, 9.17) is 18.5 Å². The average molecular weight is 312 g/mol. The van der Waals surface area contributed by atoms with Crippen LogP contribution in [0, 0.1) is 0 Å². The molecule has 0 aliphatic carbocycles. The standard InChI is InChI=1S/C11H23BFO6P/c1-6(2)16-5-8-10(9(13)11(12)17-8)19-20(14,15)18-7(3)4/h6-11H,5,12H2,1-4H3,(H,14,15)/t8-,9+,10?,11-/m1/s1. The molecule has 118 valence electrons. The van der Waals surface area contributed by atoms with Crippen LogP contribution >= 0.6 is 7.82 Å². The molecule has 1 fully saturated rings. The minimum Gasteiger partial charge on any atom is -0.376 e. The van der Waals surface area contributed by atoms with E-state index in [1.54, 1.807) is 21.7 Å². The minimum absolute atomic E-state index is 0.0546. The van der Waals surface area contributed by atoms with E-state index in [9.17, 15) is 13.8 Å². The lowest BCUT2D eigenvalue weighted by Crippen LogP contribution is -2.35. The fraction of sp³-hybridized carbons (Fsp3) is 1.00. The van der Waals surface area contributed by atoms with Crippen LogP contribution in [0.3, 0.4) is 0 Å². The van der Waals surface area contributed by atoms with Crippen LogP contribution in [0.15, 0.2) is 0 Å². The molecule has 5 atom stereocenters. The maximum atomic E-state index is 14.0. The number of phosphoric ester groups is 1. The molecule has 0 radical (unpaired) electrons. The summed E-state index contributed by atoms with van der Waals surface area (Å²) in [6, 6.07) is -0.722. The molecule has 0 bridgehead atoms. The molecule has 0 aromatic carbocycles. The van der Waals surface area contributed by atoms with Gasteiger partial charge in [-0.3, -0.25) is 9.05 Å². The molecule has 0 aromatic heterocycles. The van der Waals surface area contributed by atoms with Crippen molar-refractivity contribution in [1.29, 1.82) is 0 Å². The summed E-state index contributed by atoms with van der Waals surface area (Å²) in [5.74, 6) is 0. The van der Waals surface area contributed by atoms with Crippen molar-refractivity contribution < 1.29 is 32.4 Å². The molecular formula is C11H23BFO6P. The summed E-state index contributed by atoms with van der Waals surface area (Å²) >= 11 is 0. The smallest absolute Gasteiger partial charge is 0.376 e. The zero-order chi connectivity index (χ0) is 15.5. The van der Waals surface area contributed by atoms with Gasteiger partial charge < -0.3 is 14.4 Å². The van der Waals surface area contributed by atoms with Gasteiger partial charge in [-0.15, -0.1) is 0 Å². The summed E-state index contributed by atoms with van der Waals surface area (Å²) in [5, 5.41) is 0. The second-order valence-electron chi connectivity index (χ2n) is 5.40. The number of hydrogen-bond donors (Lipinski definition) is 1. The van der Waals surface area contributed by atoms with Gasteiger partial charge in [-0.05, 0) is 27.7 Å². The van der Waals surface area contributed by atoms with Gasteiger partial charge >= 0.3 is 7.82 Å². The van der Waals surface area contributed by atoms with E-state index in [-0.39, 0.29) is 12.7 Å². The van der Waals surface area contributed by atoms with E-state index in [1.165, 1.54) is 0 Å². The number of alkyl halides is 1. The molecule has 20 heavy (non-hydrogen) atoms. The Balaban J connectivity index is 2.69. The van der Waals surface area contributed by atoms with E-state index in [1.807, 2.05) is 13.8 Å². The maximum Gasteiger partial charge on any atom is 0.472 e. The van der Waals surface area contributed by atoms with Crippen LogP contribution in [-0.4, -0.2) is 55.9 Å². The number of rotatable bonds is 7. The lowest BCUT2D eigenvalue weighted by Gasteiger charge is -2.23. The Kier molecular flexibility index (Phi) is 6.63. The molecule has 1 N–H and O–H groups in total. The molecule has 0 saturated carbocycles. The van der Waals surface area contributed by atoms with Crippen LogP contribution in [0.2, 0.25) is 0 Å². The third-order valence-corrected chi connectivity index (χ3v) is 3.91. The molecule has 1 heterocycles. The van der Waals surface area contributed by atoms with Crippen LogP contribution in [-0.2, 0) is 23.1 Å². The average Bonchev–Trinajstić information content (AvgIpc) is 2.52. The summed E-state index contributed by atoms with van der Waals surface area (Å²) in [6.07, 6.45) is -3.99. The van der Waals surface area contributed by atoms with Crippen molar-refractivity contribution >= 4 is 15.7 Å². The molecule has 1 saturated heterocycles. The van der Waals surface area contributed by atoms with Crippen LogP contribution in [0.1, 0.15) is 27.7 Å². The summed E-state index contributed by atoms with van der Waals surface area (Å²) in [6.45, 7) is 6.94. The quantitative estimate of drug-likeness (QED) is 0.559. The molecule has 0 amide bonds. The Morgan fingerprint density at radius 1 is 1.35 bits per heavy atom. The summed E-state index contributed by atoms with van der Waals surface area (Å²) < 4.78 is 46.3. The Labute approximate surface area is 119 Å². The van der Waals surface area contributed by atoms with Gasteiger partial charge in [0.1, 0.15) is 26.2 Å². The van der Waals surface area contributed by atoms with Crippen LogP contribution < -0.4 is 0 Å². The van der Waals surface area contributed by atoms with Gasteiger partial charge in [0.15, 0.2) is 0 Å². The first-order valence-electron chi connectivity index (χ1n) is 6.73. The van der Waals surface area contributed by atoms with E-state index in [0.29, 0.717) is 0 Å². The molecule has 2 unspecified atom stereocenters. The predicted molar refractivity (Wildman–Crippen MR) is 74.1 cm³/mol. The van der Waals surface area contributed by atoms with Gasteiger partial charge in [0.25, 0.3) is 0 Å². The third-order valence-electron chi connectivity index (χ3n) is 2.71. The molecule has 0 spiro atoms. The van der Waals surface area contributed by atoms with Crippen molar-refractivity contribution in [3.8, 4) is 0 Å². The number of ether oxygens (including phenoxy) is 2. The number of phosphoric acid groups is 1. The van der Waals surface area contributed by atoms with Crippen LogP contribution in [0.5, 0.6) is 0 Å². The first-order valence-corrected chi connectivity index (χ1v) is 8.22. The highest BCUT2D eigenvalue weighted by Gasteiger charge is 2.47. The monoisotopic (exact) mass is 312 g/mol. The van der Waals surface area contributed by atoms with Crippen molar-refractivity contribution in [2.75, 3.05) is 6.61 Å². The van der Waals surface area contributed by atoms with Gasteiger partial charge in [0.05, 0.1) is 24.8 Å². The Morgan fingerprint density at radius 3 is 2.45 bits per heavy atom. The van der Waals surface area contributed by atoms with Gasteiger partial charge in [0.2, 0.25) is 0 Å². The van der Waals surface area contributed by atoms with Crippen molar-refractivity contribution in [3.05, 3.63) is 0 Å². The highest BCUT2D eigenvalue weighted by Crippen LogP contribution is 2.48. The van der Waals surface area contributed by atoms with Gasteiger partial charge in [0, 0.05) is 0 Å². The van der Waals surface area contributed by atoms with E-state index >= 15 is 0 Å². The molecular weight excluding hydrogens is 289 g/mol. The van der Waals surface area contributed by atoms with Crippen LogP contribution in [0.4, 0.5) is 4.39 Å². The first-order chi connectivity index (χ1) is 9.12. The lowest BCUT2D eigenvalue weighted by atomic mass is 9.94. The van der Waals surface area contributed by atoms with Crippen LogP contribution in [0.25, 0.3) is 0 Å². The largest absolute Gasteiger partial charge is 0.472 e. The fourth-order valence-corrected chi connectivity index (χ4v) is 3.04. The molecule has 1 rings (SSSR count). The van der Waals surface area contributed by atoms with E-state index in [2.05, 4.69) is 0 Å². The molecule has 6 nitrogen and oxygen atoms in total. The summed E-state index contributed by atoms with van der Waals surface area (Å²) in [4.78, 5) is 9.59. The number of hydrogen-bond acceptors (Lipinski definition) is 5. The highest BCUT2D eigenvalue weighted by atomic mass is 31.2.